The lowest BCUT2D eigenvalue weighted by Gasteiger charge is -2.24. The van der Waals surface area contributed by atoms with Crippen LogP contribution in [0.3, 0.4) is 0 Å². The quantitative estimate of drug-likeness (QED) is 0.317. The third-order valence-corrected chi connectivity index (χ3v) is 6.70. The van der Waals surface area contributed by atoms with Crippen molar-refractivity contribution in [2.24, 2.45) is 0 Å². The van der Waals surface area contributed by atoms with E-state index in [1.165, 1.54) is 0 Å². The van der Waals surface area contributed by atoms with Crippen LogP contribution in [0.5, 0.6) is 0 Å². The van der Waals surface area contributed by atoms with E-state index in [1.807, 2.05) is 24.8 Å². The normalized spacial score (nSPS) is 12.7. The lowest BCUT2D eigenvalue weighted by atomic mass is 9.87. The van der Waals surface area contributed by atoms with Crippen molar-refractivity contribution in [2.75, 3.05) is 31.1 Å². The number of hydrogen-bond donors (Lipinski definition) is 1. The topological polar surface area (TPSA) is 65.1 Å². The van der Waals surface area contributed by atoms with E-state index in [-0.39, 0.29) is 0 Å². The van der Waals surface area contributed by atoms with Gasteiger partial charge in [0.05, 0.1) is 18.3 Å². The Balaban J connectivity index is 1.99. The van der Waals surface area contributed by atoms with Crippen LogP contribution >= 0.6 is 10.0 Å². The van der Waals surface area contributed by atoms with Gasteiger partial charge in [-0.3, -0.25) is 4.68 Å². The lowest BCUT2D eigenvalue weighted by molar-refractivity contribution is 0.0835. The molecule has 0 aliphatic heterocycles. The molecule has 0 bridgehead atoms. The molecule has 0 atom stereocenters. The van der Waals surface area contributed by atoms with Crippen LogP contribution < -0.4 is 11.2 Å². The van der Waals surface area contributed by atoms with E-state index in [0.29, 0.717) is 12.4 Å². The summed E-state index contributed by atoms with van der Waals surface area (Å²) in [6, 6.07) is 2.01. The molecule has 3 aromatic rings. The molecule has 1 N–H and O–H groups in total. The van der Waals surface area contributed by atoms with Crippen molar-refractivity contribution in [3.63, 3.8) is 0 Å². The summed E-state index contributed by atoms with van der Waals surface area (Å²) < 4.78 is 10.1. The second-order valence-electron chi connectivity index (χ2n) is 9.60. The van der Waals surface area contributed by atoms with E-state index >= 15 is 0 Å². The highest BCUT2D eigenvalue weighted by atomic mass is 32.3. The van der Waals surface area contributed by atoms with Gasteiger partial charge in [0.15, 0.2) is 15.7 Å². The van der Waals surface area contributed by atoms with Crippen molar-refractivity contribution < 1.29 is 9.84 Å². The molecule has 0 amide bonds. The van der Waals surface area contributed by atoms with Gasteiger partial charge < -0.3 is 14.4 Å². The zero-order chi connectivity index (χ0) is 23.7. The van der Waals surface area contributed by atoms with Crippen molar-refractivity contribution in [3.8, 4) is 23.0 Å². The van der Waals surface area contributed by atoms with E-state index in [9.17, 15) is 5.11 Å². The van der Waals surface area contributed by atoms with Crippen LogP contribution in [-0.4, -0.2) is 76.9 Å². The molecule has 0 aliphatic carbocycles. The number of aliphatic hydroxyl groups is 1. The maximum atomic E-state index is 9.95. The molecule has 32 heavy (non-hydrogen) atoms. The Labute approximate surface area is 194 Å². The summed E-state index contributed by atoms with van der Waals surface area (Å²) in [5.41, 5.74) is 4.95. The first kappa shape index (κ1) is 24.5. The number of nitrogens with zero attached hydrogens (tertiary/aromatic N) is 4. The summed E-state index contributed by atoms with van der Waals surface area (Å²) >= 11 is 0. The van der Waals surface area contributed by atoms with Gasteiger partial charge in [0.2, 0.25) is 0 Å². The molecule has 3 aromatic heterocycles. The van der Waals surface area contributed by atoms with Crippen LogP contribution in [0.15, 0.2) is 18.5 Å². The largest absolute Gasteiger partial charge is 0.378 e. The first-order valence-corrected chi connectivity index (χ1v) is 13.9. The number of rotatable bonds is 7. The highest BCUT2D eigenvalue weighted by Crippen LogP contribution is 2.33. The zero-order valence-electron chi connectivity index (χ0n) is 20.6. The second kappa shape index (κ2) is 9.38. The van der Waals surface area contributed by atoms with E-state index in [1.54, 1.807) is 13.8 Å². The van der Waals surface area contributed by atoms with Crippen LogP contribution in [0.25, 0.3) is 22.0 Å². The molecule has 170 valence electrons. The van der Waals surface area contributed by atoms with Crippen molar-refractivity contribution in [2.45, 2.75) is 39.6 Å². The number of aryl methyl sites for hydroxylation is 1. The highest BCUT2D eigenvalue weighted by molar-refractivity contribution is 8.32. The molecule has 0 fully saturated rings. The lowest BCUT2D eigenvalue weighted by Crippen LogP contribution is -2.22. The van der Waals surface area contributed by atoms with Gasteiger partial charge >= 0.3 is 0 Å². The monoisotopic (exact) mass is 452 g/mol. The number of pyridine rings is 1. The minimum atomic E-state index is -1.06. The molecule has 3 rings (SSSR count). The van der Waals surface area contributed by atoms with Crippen molar-refractivity contribution >= 4 is 47.8 Å². The minimum absolute atomic E-state index is 0.457. The molecule has 6 nitrogen and oxygen atoms in total. The van der Waals surface area contributed by atoms with Gasteiger partial charge in [-0.2, -0.15) is 5.10 Å². The van der Waals surface area contributed by atoms with Crippen molar-refractivity contribution in [3.05, 3.63) is 24.2 Å². The summed E-state index contributed by atoms with van der Waals surface area (Å²) in [6.45, 7) is 7.51. The van der Waals surface area contributed by atoms with Crippen LogP contribution in [0.4, 0.5) is 0 Å². The molecule has 3 heterocycles. The zero-order valence-corrected chi connectivity index (χ0v) is 21.4. The molecule has 0 aliphatic rings. The Morgan fingerprint density at radius 1 is 1.25 bits per heavy atom. The highest BCUT2D eigenvalue weighted by Gasteiger charge is 2.19. The molecule has 0 unspecified atom stereocenters. The predicted octanol–water partition coefficient (Wildman–Crippen LogP) is 0.227. The third kappa shape index (κ3) is 5.80. The molecule has 0 aromatic carbocycles. The van der Waals surface area contributed by atoms with Gasteiger partial charge in [-0.1, -0.05) is 5.92 Å². The fourth-order valence-electron chi connectivity index (χ4n) is 3.61. The van der Waals surface area contributed by atoms with Crippen LogP contribution in [-0.2, 0) is 18.0 Å². The van der Waals surface area contributed by atoms with Gasteiger partial charge in [-0.15, -0.1) is 0 Å². The fourth-order valence-corrected chi connectivity index (χ4v) is 4.22. The average Bonchev–Trinajstić information content (AvgIpc) is 3.18. The van der Waals surface area contributed by atoms with Crippen molar-refractivity contribution in [1.82, 2.24) is 19.3 Å². The van der Waals surface area contributed by atoms with Crippen LogP contribution in [0.1, 0.15) is 26.5 Å². The Bertz CT molecular complexity index is 1180. The van der Waals surface area contributed by atoms with Gasteiger partial charge in [-0.05, 0) is 51.5 Å². The van der Waals surface area contributed by atoms with E-state index in [4.69, 9.17) is 9.84 Å². The Morgan fingerprint density at radius 2 is 1.97 bits per heavy atom. The summed E-state index contributed by atoms with van der Waals surface area (Å²) in [5.74, 6) is 6.95. The third-order valence-electron chi connectivity index (χ3n) is 5.31. The van der Waals surface area contributed by atoms with E-state index < -0.39 is 15.6 Å². The molecule has 0 saturated heterocycles. The molecule has 0 saturated carbocycles. The smallest absolute Gasteiger partial charge is 0.167 e. The minimum Gasteiger partial charge on any atom is -0.378 e. The number of aromatic nitrogens is 4. The second-order valence-corrected chi connectivity index (χ2v) is 14.2. The Morgan fingerprint density at radius 3 is 2.59 bits per heavy atom. The maximum Gasteiger partial charge on any atom is 0.167 e. The van der Waals surface area contributed by atoms with Crippen LogP contribution in [0, 0.1) is 11.8 Å². The van der Waals surface area contributed by atoms with Crippen molar-refractivity contribution in [1.29, 1.82) is 0 Å². The van der Waals surface area contributed by atoms with Gasteiger partial charge in [0, 0.05) is 46.2 Å². The standard InChI is InChI=1S/C23H34B2N4O2S/c1-7-28-14-18(17-12-16(26-13-19(17)28)8-9-23(2,3)30)20-21(24)27-29(22(20)25)15-31-10-11-32(4,5)6/h12-14,30H,7,10-11,15,24-25H2,1-6H3. The predicted molar refractivity (Wildman–Crippen MR) is 142 cm³/mol. The Kier molecular flexibility index (Phi) is 7.18. The first-order chi connectivity index (χ1) is 14.9. The SMILES string of the molecule is Bc1nn(COCCS(C)(C)C)c(B)c1-c1cn(CC)c2cnc(C#CC(C)(C)O)cc12. The molecule has 9 heteroatoms. The fraction of sp³-hybridized carbons (Fsp3) is 0.478. The van der Waals surface area contributed by atoms with Gasteiger partial charge in [-0.25, -0.2) is 15.0 Å². The summed E-state index contributed by atoms with van der Waals surface area (Å²) in [5, 5.41) is 15.8. The average molecular weight is 452 g/mol. The number of fused-ring (bicyclic) bond motifs is 1. The summed E-state index contributed by atoms with van der Waals surface area (Å²) in [7, 11) is 3.57. The molecule has 0 spiro atoms. The van der Waals surface area contributed by atoms with E-state index in [2.05, 4.69) is 61.1 Å². The number of hydrogen-bond acceptors (Lipinski definition) is 4. The van der Waals surface area contributed by atoms with Crippen LogP contribution in [0.2, 0.25) is 0 Å². The van der Waals surface area contributed by atoms with Gasteiger partial charge in [0.1, 0.15) is 18.0 Å². The molecule has 0 radical (unpaired) electrons. The summed E-state index contributed by atoms with van der Waals surface area (Å²) in [6.07, 6.45) is 10.9. The first-order valence-electron chi connectivity index (χ1n) is 10.9. The molecular weight excluding hydrogens is 418 g/mol. The summed E-state index contributed by atoms with van der Waals surface area (Å²) in [4.78, 5) is 4.50. The van der Waals surface area contributed by atoms with Gasteiger partial charge in [0.25, 0.3) is 0 Å². The maximum absolute atomic E-state index is 9.95. The molecular formula is C23H34B2N4O2S. The number of ether oxygens (including phenoxy) is 1. The van der Waals surface area contributed by atoms with E-state index in [0.717, 1.165) is 52.1 Å². The Hall–Kier alpha value is -2.14.